The van der Waals surface area contributed by atoms with Gasteiger partial charge in [-0.3, -0.25) is 9.89 Å². The van der Waals surface area contributed by atoms with Crippen LogP contribution in [0.15, 0.2) is 23.4 Å². The van der Waals surface area contributed by atoms with E-state index < -0.39 is 0 Å². The molecule has 1 heterocycles. The largest absolute Gasteiger partial charge is 0.325 e. The zero-order valence-corrected chi connectivity index (χ0v) is 15.3. The first kappa shape index (κ1) is 17.5. The van der Waals surface area contributed by atoms with Crippen LogP contribution in [-0.2, 0) is 10.2 Å². The van der Waals surface area contributed by atoms with Crippen molar-refractivity contribution < 1.29 is 4.79 Å². The fraction of sp³-hybridized carbons (Fsp3) is 0.471. The number of H-pyrrole nitrogens is 1. The second-order valence-electron chi connectivity index (χ2n) is 6.78. The number of aromatic amines is 1. The van der Waals surface area contributed by atoms with E-state index in [-0.39, 0.29) is 16.6 Å². The minimum atomic E-state index is -0.279. The third-order valence-corrected chi connectivity index (χ3v) is 4.44. The fourth-order valence-electron chi connectivity index (χ4n) is 1.95. The van der Waals surface area contributed by atoms with Crippen molar-refractivity contribution in [1.29, 1.82) is 0 Å². The first-order valence-corrected chi connectivity index (χ1v) is 8.52. The van der Waals surface area contributed by atoms with Gasteiger partial charge in [0.25, 0.3) is 0 Å². The standard InChI is InChI=1S/C17H24N4OS/c1-10-7-8-11(2)13(9-10)18-14(22)12(3)23-16-19-15(20-21-16)17(4,5)6/h7-9,12H,1-6H3,(H,18,22)(H,19,20,21). The molecule has 1 atom stereocenters. The number of aromatic nitrogens is 3. The maximum Gasteiger partial charge on any atom is 0.237 e. The van der Waals surface area contributed by atoms with Crippen LogP contribution in [0.3, 0.4) is 0 Å². The van der Waals surface area contributed by atoms with E-state index in [2.05, 4.69) is 41.3 Å². The number of thioether (sulfide) groups is 1. The van der Waals surface area contributed by atoms with Crippen LogP contribution < -0.4 is 5.32 Å². The summed E-state index contributed by atoms with van der Waals surface area (Å²) in [7, 11) is 0. The van der Waals surface area contributed by atoms with Gasteiger partial charge in [-0.25, -0.2) is 4.98 Å². The molecule has 0 spiro atoms. The molecule has 0 aliphatic carbocycles. The number of carbonyl (C=O) groups excluding carboxylic acids is 1. The summed E-state index contributed by atoms with van der Waals surface area (Å²) in [5, 5.41) is 10.4. The number of hydrogen-bond acceptors (Lipinski definition) is 4. The van der Waals surface area contributed by atoms with Crippen molar-refractivity contribution in [3.05, 3.63) is 35.2 Å². The molecule has 0 aliphatic rings. The molecule has 0 fully saturated rings. The van der Waals surface area contributed by atoms with Gasteiger partial charge in [-0.1, -0.05) is 44.7 Å². The van der Waals surface area contributed by atoms with Gasteiger partial charge in [-0.2, -0.15) is 0 Å². The molecule has 2 N–H and O–H groups in total. The number of aryl methyl sites for hydroxylation is 2. The van der Waals surface area contributed by atoms with Crippen molar-refractivity contribution in [1.82, 2.24) is 15.2 Å². The topological polar surface area (TPSA) is 70.7 Å². The molecule has 1 aromatic heterocycles. The summed E-state index contributed by atoms with van der Waals surface area (Å²) in [5.41, 5.74) is 2.94. The van der Waals surface area contributed by atoms with Gasteiger partial charge in [0.1, 0.15) is 5.82 Å². The predicted octanol–water partition coefficient (Wildman–Crippen LogP) is 3.84. The quantitative estimate of drug-likeness (QED) is 0.835. The molecule has 0 saturated heterocycles. The lowest BCUT2D eigenvalue weighted by Crippen LogP contribution is -2.23. The van der Waals surface area contributed by atoms with Crippen LogP contribution in [0.5, 0.6) is 0 Å². The van der Waals surface area contributed by atoms with Crippen LogP contribution in [-0.4, -0.2) is 26.3 Å². The smallest absolute Gasteiger partial charge is 0.237 e. The normalized spacial score (nSPS) is 13.0. The van der Waals surface area contributed by atoms with Crippen LogP contribution in [0.2, 0.25) is 0 Å². The van der Waals surface area contributed by atoms with E-state index >= 15 is 0 Å². The molecule has 6 heteroatoms. The number of anilines is 1. The van der Waals surface area contributed by atoms with Gasteiger partial charge in [0.15, 0.2) is 0 Å². The first-order chi connectivity index (χ1) is 10.7. The monoisotopic (exact) mass is 332 g/mol. The lowest BCUT2D eigenvalue weighted by Gasteiger charge is -2.13. The van der Waals surface area contributed by atoms with Crippen molar-refractivity contribution in [3.63, 3.8) is 0 Å². The Morgan fingerprint density at radius 2 is 2.00 bits per heavy atom. The zero-order chi connectivity index (χ0) is 17.2. The highest BCUT2D eigenvalue weighted by Crippen LogP contribution is 2.25. The van der Waals surface area contributed by atoms with Crippen LogP contribution in [0.1, 0.15) is 44.6 Å². The predicted molar refractivity (Wildman–Crippen MR) is 94.9 cm³/mol. The molecule has 1 amide bonds. The SMILES string of the molecule is Cc1ccc(C)c(NC(=O)C(C)Sc2n[nH]c(C(C)(C)C)n2)c1. The van der Waals surface area contributed by atoms with Gasteiger partial charge < -0.3 is 5.32 Å². The van der Waals surface area contributed by atoms with Crippen molar-refractivity contribution in [2.24, 2.45) is 0 Å². The molecule has 0 saturated carbocycles. The van der Waals surface area contributed by atoms with E-state index in [4.69, 9.17) is 0 Å². The van der Waals surface area contributed by atoms with Crippen molar-refractivity contribution in [2.45, 2.75) is 57.4 Å². The third kappa shape index (κ3) is 4.58. The molecule has 1 aromatic carbocycles. The van der Waals surface area contributed by atoms with Gasteiger partial charge in [0, 0.05) is 11.1 Å². The molecular weight excluding hydrogens is 308 g/mol. The Morgan fingerprint density at radius 1 is 1.30 bits per heavy atom. The highest BCUT2D eigenvalue weighted by molar-refractivity contribution is 8.00. The molecular formula is C17H24N4OS. The number of hydrogen-bond donors (Lipinski definition) is 2. The molecule has 0 radical (unpaired) electrons. The lowest BCUT2D eigenvalue weighted by atomic mass is 9.96. The Kier molecular flexibility index (Phi) is 5.14. The summed E-state index contributed by atoms with van der Waals surface area (Å²) in [6, 6.07) is 6.02. The summed E-state index contributed by atoms with van der Waals surface area (Å²) in [4.78, 5) is 16.8. The third-order valence-electron chi connectivity index (χ3n) is 3.48. The lowest BCUT2D eigenvalue weighted by molar-refractivity contribution is -0.115. The molecule has 0 aliphatic heterocycles. The summed E-state index contributed by atoms with van der Waals surface area (Å²) in [5.74, 6) is 0.771. The number of amides is 1. The summed E-state index contributed by atoms with van der Waals surface area (Å²) in [6.45, 7) is 12.1. The van der Waals surface area contributed by atoms with Gasteiger partial charge in [-0.05, 0) is 38.0 Å². The highest BCUT2D eigenvalue weighted by Gasteiger charge is 2.22. The maximum atomic E-state index is 12.4. The minimum Gasteiger partial charge on any atom is -0.325 e. The van der Waals surface area contributed by atoms with Gasteiger partial charge in [-0.15, -0.1) is 5.10 Å². The van der Waals surface area contributed by atoms with Gasteiger partial charge in [0.05, 0.1) is 5.25 Å². The number of rotatable bonds is 4. The molecule has 0 bridgehead atoms. The number of benzene rings is 1. The van der Waals surface area contributed by atoms with Gasteiger partial charge in [0.2, 0.25) is 11.1 Å². The average molecular weight is 332 g/mol. The molecule has 2 rings (SSSR count). The van der Waals surface area contributed by atoms with Crippen molar-refractivity contribution in [3.8, 4) is 0 Å². The molecule has 5 nitrogen and oxygen atoms in total. The van der Waals surface area contributed by atoms with E-state index in [1.807, 2.05) is 39.0 Å². The maximum absolute atomic E-state index is 12.4. The van der Waals surface area contributed by atoms with E-state index in [9.17, 15) is 4.79 Å². The second-order valence-corrected chi connectivity index (χ2v) is 8.09. The van der Waals surface area contributed by atoms with E-state index in [1.165, 1.54) is 11.8 Å². The van der Waals surface area contributed by atoms with Crippen LogP contribution in [0.4, 0.5) is 5.69 Å². The Morgan fingerprint density at radius 3 is 2.61 bits per heavy atom. The van der Waals surface area contributed by atoms with E-state index in [0.717, 1.165) is 22.6 Å². The Labute approximate surface area is 141 Å². The Hall–Kier alpha value is -1.82. The van der Waals surface area contributed by atoms with Crippen LogP contribution in [0, 0.1) is 13.8 Å². The van der Waals surface area contributed by atoms with Crippen LogP contribution in [0.25, 0.3) is 0 Å². The number of nitrogens with zero attached hydrogens (tertiary/aromatic N) is 2. The van der Waals surface area contributed by atoms with Crippen molar-refractivity contribution >= 4 is 23.4 Å². The van der Waals surface area contributed by atoms with E-state index in [0.29, 0.717) is 5.16 Å². The fourth-order valence-corrected chi connectivity index (χ4v) is 2.68. The zero-order valence-electron chi connectivity index (χ0n) is 14.5. The van der Waals surface area contributed by atoms with E-state index in [1.54, 1.807) is 0 Å². The van der Waals surface area contributed by atoms with Crippen LogP contribution >= 0.6 is 11.8 Å². The summed E-state index contributed by atoms with van der Waals surface area (Å²) >= 11 is 1.35. The minimum absolute atomic E-state index is 0.0502. The number of carbonyl (C=O) groups is 1. The first-order valence-electron chi connectivity index (χ1n) is 7.64. The van der Waals surface area contributed by atoms with Crippen molar-refractivity contribution in [2.75, 3.05) is 5.32 Å². The average Bonchev–Trinajstić information content (AvgIpc) is 2.91. The van der Waals surface area contributed by atoms with Gasteiger partial charge >= 0.3 is 0 Å². The Balaban J connectivity index is 2.03. The number of nitrogens with one attached hydrogen (secondary N) is 2. The molecule has 2 aromatic rings. The molecule has 1 unspecified atom stereocenters. The summed E-state index contributed by atoms with van der Waals surface area (Å²) < 4.78 is 0. The molecule has 23 heavy (non-hydrogen) atoms. The Bertz CT molecular complexity index is 703. The molecule has 124 valence electrons. The highest BCUT2D eigenvalue weighted by atomic mass is 32.2. The second kappa shape index (κ2) is 6.74. The summed E-state index contributed by atoms with van der Waals surface area (Å²) in [6.07, 6.45) is 0.